The minimum absolute atomic E-state index is 0.0205. The van der Waals surface area contributed by atoms with E-state index in [9.17, 15) is 8.42 Å². The molecule has 0 unspecified atom stereocenters. The maximum absolute atomic E-state index is 12.0. The molecule has 1 aromatic carbocycles. The van der Waals surface area contributed by atoms with Gasteiger partial charge in [-0.05, 0) is 43.5 Å². The van der Waals surface area contributed by atoms with E-state index < -0.39 is 14.6 Å². The van der Waals surface area contributed by atoms with Crippen molar-refractivity contribution in [1.29, 1.82) is 0 Å². The van der Waals surface area contributed by atoms with Gasteiger partial charge in [-0.2, -0.15) is 0 Å². The van der Waals surface area contributed by atoms with Gasteiger partial charge >= 0.3 is 0 Å². The maximum atomic E-state index is 12.0. The van der Waals surface area contributed by atoms with Gasteiger partial charge < -0.3 is 5.73 Å². The summed E-state index contributed by atoms with van der Waals surface area (Å²) in [6.45, 7) is 1.78. The van der Waals surface area contributed by atoms with Crippen molar-refractivity contribution in [3.05, 3.63) is 28.8 Å². The first-order chi connectivity index (χ1) is 7.34. The monoisotopic (exact) mass is 259 g/mol. The van der Waals surface area contributed by atoms with Crippen LogP contribution in [0, 0.1) is 0 Å². The minimum Gasteiger partial charge on any atom is -0.399 e. The summed E-state index contributed by atoms with van der Waals surface area (Å²) >= 11 is 5.95. The van der Waals surface area contributed by atoms with Gasteiger partial charge in [0.2, 0.25) is 0 Å². The average molecular weight is 260 g/mol. The molecule has 0 atom stereocenters. The van der Waals surface area contributed by atoms with Gasteiger partial charge in [-0.25, -0.2) is 8.42 Å². The molecule has 1 aliphatic carbocycles. The molecule has 0 saturated heterocycles. The van der Waals surface area contributed by atoms with E-state index in [4.69, 9.17) is 17.3 Å². The van der Waals surface area contributed by atoms with Crippen LogP contribution in [0.2, 0.25) is 5.02 Å². The van der Waals surface area contributed by atoms with Crippen LogP contribution in [0.1, 0.15) is 25.3 Å². The second-order valence-electron chi connectivity index (χ2n) is 4.56. The van der Waals surface area contributed by atoms with E-state index >= 15 is 0 Å². The summed E-state index contributed by atoms with van der Waals surface area (Å²) in [4.78, 5) is 0. The molecule has 0 aliphatic heterocycles. The zero-order valence-corrected chi connectivity index (χ0v) is 10.6. The molecule has 1 aromatic rings. The Morgan fingerprint density at radius 2 is 2.06 bits per heavy atom. The third kappa shape index (κ3) is 2.04. The van der Waals surface area contributed by atoms with Crippen LogP contribution in [0.4, 0.5) is 5.69 Å². The van der Waals surface area contributed by atoms with Crippen LogP contribution < -0.4 is 5.73 Å². The number of halogens is 1. The molecule has 0 spiro atoms. The number of nitrogens with two attached hydrogens (primary N) is 1. The van der Waals surface area contributed by atoms with E-state index in [1.807, 2.05) is 0 Å². The topological polar surface area (TPSA) is 60.2 Å². The first-order valence-electron chi connectivity index (χ1n) is 5.10. The molecule has 0 radical (unpaired) electrons. The normalized spacial score (nSPS) is 18.4. The summed E-state index contributed by atoms with van der Waals surface area (Å²) in [5.41, 5.74) is 6.75. The Bertz CT molecular complexity index is 521. The van der Waals surface area contributed by atoms with Crippen LogP contribution in [0.25, 0.3) is 0 Å². The first kappa shape index (κ1) is 11.7. The predicted octanol–water partition coefficient (Wildman–Crippen LogP) is 2.39. The quantitative estimate of drug-likeness (QED) is 0.848. The van der Waals surface area contributed by atoms with E-state index in [-0.39, 0.29) is 5.75 Å². The lowest BCUT2D eigenvalue weighted by molar-refractivity contribution is 0.581. The summed E-state index contributed by atoms with van der Waals surface area (Å²) in [5.74, 6) is -0.0205. The van der Waals surface area contributed by atoms with Gasteiger partial charge in [0, 0.05) is 10.7 Å². The Hall–Kier alpha value is -0.740. The number of sulfone groups is 1. The average Bonchev–Trinajstić information content (AvgIpc) is 2.91. The molecule has 0 aromatic heterocycles. The van der Waals surface area contributed by atoms with Crippen molar-refractivity contribution in [2.75, 3.05) is 5.73 Å². The van der Waals surface area contributed by atoms with Crippen LogP contribution in [0.15, 0.2) is 18.2 Å². The van der Waals surface area contributed by atoms with Crippen molar-refractivity contribution in [2.45, 2.75) is 30.3 Å². The lowest BCUT2D eigenvalue weighted by Gasteiger charge is -2.11. The summed E-state index contributed by atoms with van der Waals surface area (Å²) < 4.78 is 23.6. The van der Waals surface area contributed by atoms with Gasteiger partial charge in [0.15, 0.2) is 9.84 Å². The van der Waals surface area contributed by atoms with Crippen molar-refractivity contribution < 1.29 is 8.42 Å². The Kier molecular flexibility index (Phi) is 2.67. The summed E-state index contributed by atoms with van der Waals surface area (Å²) in [7, 11) is -3.12. The van der Waals surface area contributed by atoms with Gasteiger partial charge in [0.05, 0.1) is 10.5 Å². The second-order valence-corrected chi connectivity index (χ2v) is 7.47. The molecule has 1 aliphatic rings. The smallest absolute Gasteiger partial charge is 0.159 e. The molecule has 2 N–H and O–H groups in total. The fraction of sp³-hybridized carbons (Fsp3) is 0.455. The molecule has 5 heteroatoms. The van der Waals surface area contributed by atoms with Crippen LogP contribution in [-0.4, -0.2) is 13.2 Å². The summed E-state index contributed by atoms with van der Waals surface area (Å²) in [5, 5.41) is 0.460. The van der Waals surface area contributed by atoms with Crippen LogP contribution in [0.5, 0.6) is 0 Å². The molecule has 0 heterocycles. The summed E-state index contributed by atoms with van der Waals surface area (Å²) in [6.07, 6.45) is 1.49. The largest absolute Gasteiger partial charge is 0.399 e. The third-order valence-electron chi connectivity index (χ3n) is 3.12. The number of anilines is 1. The van der Waals surface area contributed by atoms with Crippen molar-refractivity contribution in [3.8, 4) is 0 Å². The third-order valence-corrected chi connectivity index (χ3v) is 6.09. The highest BCUT2D eigenvalue weighted by molar-refractivity contribution is 7.92. The van der Waals surface area contributed by atoms with Gasteiger partial charge in [-0.1, -0.05) is 11.6 Å². The van der Waals surface area contributed by atoms with Gasteiger partial charge in [0.1, 0.15) is 0 Å². The van der Waals surface area contributed by atoms with E-state index in [0.29, 0.717) is 16.3 Å². The Labute approximate surface area is 101 Å². The lowest BCUT2D eigenvalue weighted by Crippen LogP contribution is -2.21. The zero-order valence-electron chi connectivity index (χ0n) is 9.03. The minimum atomic E-state index is -3.12. The number of rotatable bonds is 3. The van der Waals surface area contributed by atoms with Gasteiger partial charge in [0.25, 0.3) is 0 Å². The highest BCUT2D eigenvalue weighted by Gasteiger charge is 2.49. The van der Waals surface area contributed by atoms with Crippen molar-refractivity contribution in [3.63, 3.8) is 0 Å². The van der Waals surface area contributed by atoms with Crippen molar-refractivity contribution >= 4 is 27.1 Å². The number of nitrogen functional groups attached to an aromatic ring is 1. The molecular formula is C11H14ClNO2S. The van der Waals surface area contributed by atoms with E-state index in [1.54, 1.807) is 25.1 Å². The van der Waals surface area contributed by atoms with Gasteiger partial charge in [-0.15, -0.1) is 0 Å². The number of hydrogen-bond acceptors (Lipinski definition) is 3. The molecule has 1 saturated carbocycles. The lowest BCUT2D eigenvalue weighted by atomic mass is 10.2. The Balaban J connectivity index is 2.31. The molecule has 0 amide bonds. The van der Waals surface area contributed by atoms with Crippen molar-refractivity contribution in [2.24, 2.45) is 0 Å². The standard InChI is InChI=1S/C11H14ClNO2S/c1-11(4-5-11)16(14,15)7-8-6-9(13)2-3-10(8)12/h2-3,6H,4-5,7,13H2,1H3. The van der Waals surface area contributed by atoms with E-state index in [0.717, 1.165) is 12.8 Å². The SMILES string of the molecule is CC1(S(=O)(=O)Cc2cc(N)ccc2Cl)CC1. The highest BCUT2D eigenvalue weighted by atomic mass is 35.5. The van der Waals surface area contributed by atoms with E-state index in [2.05, 4.69) is 0 Å². The fourth-order valence-corrected chi connectivity index (χ4v) is 3.56. The molecule has 16 heavy (non-hydrogen) atoms. The maximum Gasteiger partial charge on any atom is 0.159 e. The van der Waals surface area contributed by atoms with Crippen molar-refractivity contribution in [1.82, 2.24) is 0 Å². The van der Waals surface area contributed by atoms with E-state index in [1.165, 1.54) is 0 Å². The fourth-order valence-electron chi connectivity index (χ4n) is 1.57. The van der Waals surface area contributed by atoms with Crippen LogP contribution in [-0.2, 0) is 15.6 Å². The zero-order chi connectivity index (χ0) is 12.0. The molecular weight excluding hydrogens is 246 g/mol. The molecule has 2 rings (SSSR count). The molecule has 0 bridgehead atoms. The predicted molar refractivity (Wildman–Crippen MR) is 66.1 cm³/mol. The first-order valence-corrected chi connectivity index (χ1v) is 7.13. The highest BCUT2D eigenvalue weighted by Crippen LogP contribution is 2.44. The summed E-state index contributed by atoms with van der Waals surface area (Å²) in [6, 6.07) is 4.93. The number of hydrogen-bond donors (Lipinski definition) is 1. The Morgan fingerprint density at radius 3 is 2.62 bits per heavy atom. The van der Waals surface area contributed by atoms with Crippen LogP contribution in [0.3, 0.4) is 0 Å². The molecule has 3 nitrogen and oxygen atoms in total. The van der Waals surface area contributed by atoms with Crippen LogP contribution >= 0.6 is 11.6 Å². The number of benzene rings is 1. The second kappa shape index (κ2) is 3.64. The molecule has 1 fully saturated rings. The Morgan fingerprint density at radius 1 is 1.44 bits per heavy atom. The van der Waals surface area contributed by atoms with Gasteiger partial charge in [-0.3, -0.25) is 0 Å². The molecule has 88 valence electrons.